The fraction of sp³-hybridized carbons (Fsp3) is 0.133. The summed E-state index contributed by atoms with van der Waals surface area (Å²) in [6.07, 6.45) is 0. The van der Waals surface area contributed by atoms with E-state index in [0.717, 1.165) is 4.47 Å². The molecule has 20 heavy (non-hydrogen) atoms. The molecular weight excluding hydrogens is 340 g/mol. The van der Waals surface area contributed by atoms with Crippen molar-refractivity contribution in [3.63, 3.8) is 0 Å². The van der Waals surface area contributed by atoms with Gasteiger partial charge in [0.25, 0.3) is 0 Å². The largest absolute Gasteiger partial charge is 0.293 e. The third kappa shape index (κ3) is 3.35. The first kappa shape index (κ1) is 14.9. The molecule has 0 aliphatic heterocycles. The number of halogens is 1. The topological polar surface area (TPSA) is 51.2 Å². The average Bonchev–Trinajstić information content (AvgIpc) is 2.38. The van der Waals surface area contributed by atoms with E-state index >= 15 is 0 Å². The number of benzene rings is 2. The van der Waals surface area contributed by atoms with Crippen molar-refractivity contribution in [2.24, 2.45) is 0 Å². The summed E-state index contributed by atoms with van der Waals surface area (Å²) in [5.74, 6) is -0.927. The number of rotatable bonds is 4. The smallest absolute Gasteiger partial charge is 0.186 e. The van der Waals surface area contributed by atoms with Crippen molar-refractivity contribution >= 4 is 31.6 Å². The van der Waals surface area contributed by atoms with Gasteiger partial charge in [-0.15, -0.1) is 0 Å². The molecule has 0 aromatic heterocycles. The normalized spacial score (nSPS) is 11.3. The van der Waals surface area contributed by atoms with E-state index in [1.54, 1.807) is 49.4 Å². The van der Waals surface area contributed by atoms with E-state index in [1.165, 1.54) is 6.07 Å². The maximum Gasteiger partial charge on any atom is 0.186 e. The Labute approximate surface area is 126 Å². The summed E-state index contributed by atoms with van der Waals surface area (Å²) in [6, 6.07) is 13.4. The number of Topliss-reactive ketones (excluding diaryl/α,β-unsaturated/α-hetero) is 1. The van der Waals surface area contributed by atoms with Crippen LogP contribution in [-0.2, 0) is 9.84 Å². The molecule has 0 fully saturated rings. The van der Waals surface area contributed by atoms with Crippen LogP contribution in [0.2, 0.25) is 0 Å². The van der Waals surface area contributed by atoms with Gasteiger partial charge in [0.1, 0.15) is 5.75 Å². The molecule has 2 aromatic carbocycles. The molecule has 0 bridgehead atoms. The minimum Gasteiger partial charge on any atom is -0.293 e. The molecule has 2 aromatic rings. The Kier molecular flexibility index (Phi) is 4.40. The Bertz CT molecular complexity index is 751. The van der Waals surface area contributed by atoms with Crippen LogP contribution < -0.4 is 0 Å². The first-order chi connectivity index (χ1) is 9.40. The van der Waals surface area contributed by atoms with Gasteiger partial charge in [0.05, 0.1) is 4.90 Å². The third-order valence-electron chi connectivity index (χ3n) is 2.90. The Morgan fingerprint density at radius 3 is 2.45 bits per heavy atom. The fourth-order valence-corrected chi connectivity index (χ4v) is 3.81. The highest BCUT2D eigenvalue weighted by atomic mass is 79.9. The van der Waals surface area contributed by atoms with Crippen molar-refractivity contribution in [1.82, 2.24) is 0 Å². The van der Waals surface area contributed by atoms with Crippen molar-refractivity contribution in [3.05, 3.63) is 64.1 Å². The van der Waals surface area contributed by atoms with Gasteiger partial charge in [0.15, 0.2) is 15.6 Å². The van der Waals surface area contributed by atoms with Crippen molar-refractivity contribution in [2.45, 2.75) is 11.8 Å². The Balaban J connectivity index is 2.30. The van der Waals surface area contributed by atoms with E-state index in [9.17, 15) is 13.2 Å². The molecule has 0 spiro atoms. The molecule has 0 saturated carbocycles. The summed E-state index contributed by atoms with van der Waals surface area (Å²) in [7, 11) is -3.62. The van der Waals surface area contributed by atoms with Gasteiger partial charge in [-0.05, 0) is 30.7 Å². The van der Waals surface area contributed by atoms with Crippen molar-refractivity contribution < 1.29 is 13.2 Å². The molecule has 0 aliphatic rings. The number of ketones is 1. The number of hydrogen-bond donors (Lipinski definition) is 0. The molecule has 0 saturated heterocycles. The van der Waals surface area contributed by atoms with Crippen LogP contribution in [0.15, 0.2) is 57.9 Å². The molecule has 0 N–H and O–H groups in total. The van der Waals surface area contributed by atoms with E-state index in [-0.39, 0.29) is 4.90 Å². The predicted molar refractivity (Wildman–Crippen MR) is 81.7 cm³/mol. The van der Waals surface area contributed by atoms with Crippen LogP contribution >= 0.6 is 15.9 Å². The van der Waals surface area contributed by atoms with Crippen LogP contribution in [0, 0.1) is 6.92 Å². The highest BCUT2D eigenvalue weighted by Crippen LogP contribution is 2.18. The molecule has 0 radical (unpaired) electrons. The molecule has 104 valence electrons. The Morgan fingerprint density at radius 2 is 1.80 bits per heavy atom. The SMILES string of the molecule is Cc1ccccc1S(=O)(=O)CC(=O)c1cccc(Br)c1. The molecule has 5 heteroatoms. The highest BCUT2D eigenvalue weighted by Gasteiger charge is 2.21. The second kappa shape index (κ2) is 5.89. The molecule has 3 nitrogen and oxygen atoms in total. The number of sulfone groups is 1. The second-order valence-corrected chi connectivity index (χ2v) is 7.33. The van der Waals surface area contributed by atoms with Crippen LogP contribution in [0.4, 0.5) is 0 Å². The molecule has 0 aliphatic carbocycles. The summed E-state index contributed by atoms with van der Waals surface area (Å²) in [5, 5.41) is 0. The zero-order valence-electron chi connectivity index (χ0n) is 10.8. The number of hydrogen-bond acceptors (Lipinski definition) is 3. The van der Waals surface area contributed by atoms with Gasteiger partial charge in [-0.2, -0.15) is 0 Å². The Morgan fingerprint density at radius 1 is 1.10 bits per heavy atom. The molecular formula is C15H13BrO3S. The van der Waals surface area contributed by atoms with Gasteiger partial charge in [0.2, 0.25) is 0 Å². The van der Waals surface area contributed by atoms with Crippen LogP contribution in [0.1, 0.15) is 15.9 Å². The van der Waals surface area contributed by atoms with Gasteiger partial charge in [-0.1, -0.05) is 46.3 Å². The molecule has 0 heterocycles. The van der Waals surface area contributed by atoms with Crippen molar-refractivity contribution in [2.75, 3.05) is 5.75 Å². The first-order valence-electron chi connectivity index (χ1n) is 5.97. The average molecular weight is 353 g/mol. The minimum absolute atomic E-state index is 0.211. The van der Waals surface area contributed by atoms with Crippen LogP contribution in [-0.4, -0.2) is 20.0 Å². The predicted octanol–water partition coefficient (Wildman–Crippen LogP) is 3.41. The lowest BCUT2D eigenvalue weighted by Gasteiger charge is -2.07. The van der Waals surface area contributed by atoms with Crippen LogP contribution in [0.3, 0.4) is 0 Å². The summed E-state index contributed by atoms with van der Waals surface area (Å²) >= 11 is 3.26. The monoisotopic (exact) mass is 352 g/mol. The zero-order chi connectivity index (χ0) is 14.8. The summed E-state index contributed by atoms with van der Waals surface area (Å²) < 4.78 is 25.3. The molecule has 2 rings (SSSR count). The number of carbonyl (C=O) groups excluding carboxylic acids is 1. The van der Waals surface area contributed by atoms with Gasteiger partial charge >= 0.3 is 0 Å². The summed E-state index contributed by atoms with van der Waals surface area (Å²) in [5.41, 5.74) is 1.03. The van der Waals surface area contributed by atoms with E-state index < -0.39 is 21.4 Å². The van der Waals surface area contributed by atoms with Gasteiger partial charge < -0.3 is 0 Å². The highest BCUT2D eigenvalue weighted by molar-refractivity contribution is 9.10. The van der Waals surface area contributed by atoms with Gasteiger partial charge in [-0.25, -0.2) is 8.42 Å². The fourth-order valence-electron chi connectivity index (χ4n) is 1.90. The number of aryl methyl sites for hydroxylation is 1. The lowest BCUT2D eigenvalue weighted by atomic mass is 10.2. The minimum atomic E-state index is -3.62. The molecule has 0 unspecified atom stereocenters. The second-order valence-electron chi connectivity index (χ2n) is 4.46. The third-order valence-corrected chi connectivity index (χ3v) is 5.16. The molecule has 0 atom stereocenters. The quantitative estimate of drug-likeness (QED) is 0.792. The standard InChI is InChI=1S/C15H13BrO3S/c1-11-5-2-3-8-15(11)20(18,19)10-14(17)12-6-4-7-13(16)9-12/h2-9H,10H2,1H3. The van der Waals surface area contributed by atoms with Gasteiger partial charge in [0, 0.05) is 10.0 Å². The lowest BCUT2D eigenvalue weighted by molar-refractivity contribution is 0.102. The maximum absolute atomic E-state index is 12.3. The van der Waals surface area contributed by atoms with E-state index in [4.69, 9.17) is 0 Å². The van der Waals surface area contributed by atoms with Crippen LogP contribution in [0.25, 0.3) is 0 Å². The van der Waals surface area contributed by atoms with Crippen molar-refractivity contribution in [1.29, 1.82) is 0 Å². The van der Waals surface area contributed by atoms with Crippen molar-refractivity contribution in [3.8, 4) is 0 Å². The van der Waals surface area contributed by atoms with E-state index in [1.807, 2.05) is 0 Å². The van der Waals surface area contributed by atoms with E-state index in [0.29, 0.717) is 11.1 Å². The summed E-state index contributed by atoms with van der Waals surface area (Å²) in [4.78, 5) is 12.3. The summed E-state index contributed by atoms with van der Waals surface area (Å²) in [6.45, 7) is 1.72. The number of carbonyl (C=O) groups is 1. The van der Waals surface area contributed by atoms with Crippen LogP contribution in [0.5, 0.6) is 0 Å². The maximum atomic E-state index is 12.3. The zero-order valence-corrected chi connectivity index (χ0v) is 13.2. The van der Waals surface area contributed by atoms with E-state index in [2.05, 4.69) is 15.9 Å². The lowest BCUT2D eigenvalue weighted by Crippen LogP contribution is -2.17. The Hall–Kier alpha value is -1.46. The molecule has 0 amide bonds. The first-order valence-corrected chi connectivity index (χ1v) is 8.42. The van der Waals surface area contributed by atoms with Gasteiger partial charge in [-0.3, -0.25) is 4.79 Å².